The lowest BCUT2D eigenvalue weighted by molar-refractivity contribution is 0.0993. The van der Waals surface area contributed by atoms with Gasteiger partial charge >= 0.3 is 0 Å². The van der Waals surface area contributed by atoms with Crippen LogP contribution >= 0.6 is 23.6 Å². The van der Waals surface area contributed by atoms with Gasteiger partial charge in [0.05, 0.1) is 5.56 Å². The molecule has 0 aliphatic heterocycles. The lowest BCUT2D eigenvalue weighted by Crippen LogP contribution is -2.25. The number of benzene rings is 1. The van der Waals surface area contributed by atoms with Gasteiger partial charge in [-0.2, -0.15) is 11.3 Å². The van der Waals surface area contributed by atoms with Crippen molar-refractivity contribution in [3.63, 3.8) is 0 Å². The zero-order valence-corrected chi connectivity index (χ0v) is 11.4. The van der Waals surface area contributed by atoms with Crippen molar-refractivity contribution >= 4 is 40.1 Å². The molecule has 18 heavy (non-hydrogen) atoms. The molecule has 1 aromatic heterocycles. The molecule has 2 rings (SSSR count). The highest BCUT2D eigenvalue weighted by molar-refractivity contribution is 7.80. The van der Waals surface area contributed by atoms with Gasteiger partial charge in [0.2, 0.25) is 0 Å². The first-order chi connectivity index (χ1) is 8.59. The van der Waals surface area contributed by atoms with Crippen LogP contribution in [0.15, 0.2) is 41.1 Å². The third kappa shape index (κ3) is 2.57. The number of thiocarbonyl (C=S) groups is 1. The monoisotopic (exact) mass is 276 g/mol. The SMILES string of the molecule is CN(C(=O)c1ccsc1)c1ccc(C(N)=S)cc1. The van der Waals surface area contributed by atoms with E-state index < -0.39 is 0 Å². The summed E-state index contributed by atoms with van der Waals surface area (Å²) in [6.45, 7) is 0. The minimum absolute atomic E-state index is 0.0284. The first kappa shape index (κ1) is 12.7. The summed E-state index contributed by atoms with van der Waals surface area (Å²) in [5.41, 5.74) is 7.83. The average Bonchev–Trinajstić information content (AvgIpc) is 2.91. The zero-order valence-electron chi connectivity index (χ0n) is 9.79. The number of rotatable bonds is 3. The van der Waals surface area contributed by atoms with Gasteiger partial charge < -0.3 is 10.6 Å². The van der Waals surface area contributed by atoms with Crippen LogP contribution < -0.4 is 10.6 Å². The molecule has 3 nitrogen and oxygen atoms in total. The summed E-state index contributed by atoms with van der Waals surface area (Å²) in [7, 11) is 1.75. The van der Waals surface area contributed by atoms with Gasteiger partial charge in [-0.3, -0.25) is 4.79 Å². The Hall–Kier alpha value is -1.72. The van der Waals surface area contributed by atoms with Crippen LogP contribution in [0.2, 0.25) is 0 Å². The molecular weight excluding hydrogens is 264 g/mol. The quantitative estimate of drug-likeness (QED) is 0.877. The largest absolute Gasteiger partial charge is 0.389 e. The van der Waals surface area contributed by atoms with Crippen molar-refractivity contribution in [2.24, 2.45) is 5.73 Å². The number of carbonyl (C=O) groups excluding carboxylic acids is 1. The molecule has 2 aromatic rings. The summed E-state index contributed by atoms with van der Waals surface area (Å²) in [4.78, 5) is 14.1. The maximum atomic E-state index is 12.1. The molecule has 0 radical (unpaired) electrons. The van der Waals surface area contributed by atoms with E-state index in [-0.39, 0.29) is 5.91 Å². The Labute approximate surface area is 115 Å². The van der Waals surface area contributed by atoms with Crippen molar-refractivity contribution in [1.82, 2.24) is 0 Å². The van der Waals surface area contributed by atoms with E-state index in [2.05, 4.69) is 0 Å². The summed E-state index contributed by atoms with van der Waals surface area (Å²) < 4.78 is 0. The fourth-order valence-electron chi connectivity index (χ4n) is 1.55. The van der Waals surface area contributed by atoms with Crippen LogP contribution in [0.5, 0.6) is 0 Å². The first-order valence-corrected chi connectivity index (χ1v) is 6.65. The Morgan fingerprint density at radius 1 is 1.22 bits per heavy atom. The van der Waals surface area contributed by atoms with E-state index in [9.17, 15) is 4.79 Å². The number of nitrogens with zero attached hydrogens (tertiary/aromatic N) is 1. The van der Waals surface area contributed by atoms with Crippen LogP contribution in [-0.2, 0) is 0 Å². The molecule has 0 saturated carbocycles. The zero-order chi connectivity index (χ0) is 13.1. The molecular formula is C13H12N2OS2. The van der Waals surface area contributed by atoms with Crippen LogP contribution in [0.1, 0.15) is 15.9 Å². The molecule has 0 spiro atoms. The second-order valence-corrected chi connectivity index (χ2v) is 5.01. The van der Waals surface area contributed by atoms with Gasteiger partial charge in [-0.05, 0) is 35.7 Å². The fraction of sp³-hybridized carbons (Fsp3) is 0.0769. The predicted octanol–water partition coefficient (Wildman–Crippen LogP) is 2.66. The molecule has 1 aromatic carbocycles. The maximum absolute atomic E-state index is 12.1. The fourth-order valence-corrected chi connectivity index (χ4v) is 2.31. The van der Waals surface area contributed by atoms with Crippen LogP contribution in [0.4, 0.5) is 5.69 Å². The van der Waals surface area contributed by atoms with Crippen molar-refractivity contribution in [3.05, 3.63) is 52.2 Å². The summed E-state index contributed by atoms with van der Waals surface area (Å²) >= 11 is 6.39. The van der Waals surface area contributed by atoms with Gasteiger partial charge in [0.1, 0.15) is 4.99 Å². The number of thiophene rings is 1. The molecule has 0 unspecified atom stereocenters. The summed E-state index contributed by atoms with van der Waals surface area (Å²) in [5.74, 6) is -0.0284. The third-order valence-corrected chi connectivity index (χ3v) is 3.53. The molecule has 2 N–H and O–H groups in total. The molecule has 0 aliphatic carbocycles. The normalized spacial score (nSPS) is 10.1. The summed E-state index contributed by atoms with van der Waals surface area (Å²) in [6.07, 6.45) is 0. The van der Waals surface area contributed by atoms with Crippen LogP contribution in [-0.4, -0.2) is 17.9 Å². The van der Waals surface area contributed by atoms with Crippen molar-refractivity contribution in [3.8, 4) is 0 Å². The maximum Gasteiger partial charge on any atom is 0.258 e. The second-order valence-electron chi connectivity index (χ2n) is 3.79. The van der Waals surface area contributed by atoms with E-state index in [0.717, 1.165) is 11.3 Å². The smallest absolute Gasteiger partial charge is 0.258 e. The topological polar surface area (TPSA) is 46.3 Å². The van der Waals surface area contributed by atoms with E-state index in [4.69, 9.17) is 18.0 Å². The molecule has 5 heteroatoms. The van der Waals surface area contributed by atoms with Crippen molar-refractivity contribution in [2.45, 2.75) is 0 Å². The van der Waals surface area contributed by atoms with E-state index in [1.807, 2.05) is 41.1 Å². The predicted molar refractivity (Wildman–Crippen MR) is 79.4 cm³/mol. The number of anilines is 1. The Morgan fingerprint density at radius 2 is 1.89 bits per heavy atom. The Bertz CT molecular complexity index is 561. The molecule has 0 aliphatic rings. The highest BCUT2D eigenvalue weighted by Gasteiger charge is 2.13. The molecule has 0 saturated heterocycles. The third-order valence-electron chi connectivity index (χ3n) is 2.61. The highest BCUT2D eigenvalue weighted by atomic mass is 32.1. The standard InChI is InChI=1S/C13H12N2OS2/c1-15(13(16)10-6-7-18-8-10)11-4-2-9(3-5-11)12(14)17/h2-8H,1H3,(H2,14,17). The lowest BCUT2D eigenvalue weighted by Gasteiger charge is -2.16. The number of hydrogen-bond acceptors (Lipinski definition) is 3. The molecule has 0 atom stereocenters. The molecule has 92 valence electrons. The van der Waals surface area contributed by atoms with Crippen LogP contribution in [0, 0.1) is 0 Å². The molecule has 0 bridgehead atoms. The molecule has 1 amide bonds. The van der Waals surface area contributed by atoms with Crippen molar-refractivity contribution < 1.29 is 4.79 Å². The van der Waals surface area contributed by atoms with Gasteiger partial charge in [-0.15, -0.1) is 0 Å². The Morgan fingerprint density at radius 3 is 2.39 bits per heavy atom. The van der Waals surface area contributed by atoms with Crippen LogP contribution in [0.25, 0.3) is 0 Å². The Kier molecular flexibility index (Phi) is 3.74. The second kappa shape index (κ2) is 5.29. The first-order valence-electron chi connectivity index (χ1n) is 5.29. The number of hydrogen-bond donors (Lipinski definition) is 1. The summed E-state index contributed by atoms with van der Waals surface area (Å²) in [5, 5.41) is 3.72. The van der Waals surface area contributed by atoms with E-state index in [1.54, 1.807) is 11.9 Å². The molecule has 1 heterocycles. The van der Waals surface area contributed by atoms with Gasteiger partial charge in [-0.1, -0.05) is 12.2 Å². The van der Waals surface area contributed by atoms with E-state index >= 15 is 0 Å². The highest BCUT2D eigenvalue weighted by Crippen LogP contribution is 2.17. The molecule has 0 fully saturated rings. The van der Waals surface area contributed by atoms with E-state index in [0.29, 0.717) is 10.6 Å². The van der Waals surface area contributed by atoms with Crippen molar-refractivity contribution in [2.75, 3.05) is 11.9 Å². The minimum atomic E-state index is -0.0284. The minimum Gasteiger partial charge on any atom is -0.389 e. The van der Waals surface area contributed by atoms with Gasteiger partial charge in [0.15, 0.2) is 0 Å². The van der Waals surface area contributed by atoms with E-state index in [1.165, 1.54) is 11.3 Å². The van der Waals surface area contributed by atoms with Crippen molar-refractivity contribution in [1.29, 1.82) is 0 Å². The average molecular weight is 276 g/mol. The van der Waals surface area contributed by atoms with Gasteiger partial charge in [-0.25, -0.2) is 0 Å². The summed E-state index contributed by atoms with van der Waals surface area (Å²) in [6, 6.07) is 9.11. The van der Waals surface area contributed by atoms with Crippen LogP contribution in [0.3, 0.4) is 0 Å². The number of carbonyl (C=O) groups is 1. The number of nitrogens with two attached hydrogens (primary N) is 1. The number of amides is 1. The Balaban J connectivity index is 2.21. The lowest BCUT2D eigenvalue weighted by atomic mass is 10.2. The van der Waals surface area contributed by atoms with Gasteiger partial charge in [0, 0.05) is 23.7 Å². The van der Waals surface area contributed by atoms with Gasteiger partial charge in [0.25, 0.3) is 5.91 Å².